The highest BCUT2D eigenvalue weighted by atomic mass is 15.1. The second-order valence-electron chi connectivity index (χ2n) is 6.14. The lowest BCUT2D eigenvalue weighted by Crippen LogP contribution is -1.87. The first-order chi connectivity index (χ1) is 11.7. The highest BCUT2D eigenvalue weighted by molar-refractivity contribution is 6.02. The van der Waals surface area contributed by atoms with Gasteiger partial charge in [0.15, 0.2) is 0 Å². The molecule has 0 saturated heterocycles. The molecule has 3 aromatic rings. The Bertz CT molecular complexity index is 1020. The van der Waals surface area contributed by atoms with Gasteiger partial charge < -0.3 is 0 Å². The van der Waals surface area contributed by atoms with Crippen molar-refractivity contribution in [1.29, 1.82) is 0 Å². The van der Waals surface area contributed by atoms with Gasteiger partial charge in [-0.2, -0.15) is 10.2 Å². The summed E-state index contributed by atoms with van der Waals surface area (Å²) in [4.78, 5) is 0. The van der Waals surface area contributed by atoms with Gasteiger partial charge in [0.2, 0.25) is 0 Å². The highest BCUT2D eigenvalue weighted by Gasteiger charge is 2.11. The Morgan fingerprint density at radius 1 is 0.750 bits per heavy atom. The van der Waals surface area contributed by atoms with Crippen LogP contribution in [-0.4, -0.2) is 0 Å². The van der Waals surface area contributed by atoms with Gasteiger partial charge >= 0.3 is 0 Å². The average molecular weight is 310 g/mol. The summed E-state index contributed by atoms with van der Waals surface area (Å²) in [5.41, 5.74) is 6.59. The van der Waals surface area contributed by atoms with Gasteiger partial charge in [-0.3, -0.25) is 0 Å². The molecule has 0 atom stereocenters. The Labute approximate surface area is 141 Å². The zero-order chi connectivity index (χ0) is 16.5. The summed E-state index contributed by atoms with van der Waals surface area (Å²) in [6, 6.07) is 16.6. The van der Waals surface area contributed by atoms with Crippen LogP contribution in [0.25, 0.3) is 22.9 Å². The van der Waals surface area contributed by atoms with Crippen LogP contribution in [0.5, 0.6) is 0 Å². The van der Waals surface area contributed by atoms with E-state index in [2.05, 4.69) is 78.7 Å². The van der Waals surface area contributed by atoms with E-state index in [-0.39, 0.29) is 0 Å². The van der Waals surface area contributed by atoms with Gasteiger partial charge in [-0.15, -0.1) is 0 Å². The van der Waals surface area contributed by atoms with Crippen molar-refractivity contribution in [2.45, 2.75) is 13.8 Å². The van der Waals surface area contributed by atoms with E-state index >= 15 is 0 Å². The Hall–Kier alpha value is -3.00. The Morgan fingerprint density at radius 3 is 2.38 bits per heavy atom. The lowest BCUT2D eigenvalue weighted by molar-refractivity contribution is 1.21. The molecular formula is C22H18N2. The minimum Gasteiger partial charge on any atom is -0.151 e. The molecule has 4 rings (SSSR count). The molecule has 0 N–H and O–H groups in total. The molecule has 2 nitrogen and oxygen atoms in total. The van der Waals surface area contributed by atoms with E-state index in [1.165, 1.54) is 27.5 Å². The quantitative estimate of drug-likeness (QED) is 0.459. The normalized spacial score (nSPS) is 12.9. The second-order valence-corrected chi connectivity index (χ2v) is 6.14. The van der Waals surface area contributed by atoms with Crippen LogP contribution in [0.4, 0.5) is 11.4 Å². The molecule has 0 spiro atoms. The maximum atomic E-state index is 4.53. The van der Waals surface area contributed by atoms with Gasteiger partial charge in [-0.1, -0.05) is 54.6 Å². The van der Waals surface area contributed by atoms with E-state index in [4.69, 9.17) is 0 Å². The Balaban J connectivity index is 1.88. The fourth-order valence-electron chi connectivity index (χ4n) is 3.16. The molecular weight excluding hydrogens is 292 g/mol. The summed E-state index contributed by atoms with van der Waals surface area (Å²) in [5.74, 6) is 0. The molecule has 3 aromatic carbocycles. The van der Waals surface area contributed by atoms with Crippen LogP contribution >= 0.6 is 0 Å². The van der Waals surface area contributed by atoms with Crippen LogP contribution in [-0.2, 0) is 0 Å². The predicted octanol–water partition coefficient (Wildman–Crippen LogP) is 6.91. The molecule has 0 heterocycles. The first-order valence-corrected chi connectivity index (χ1v) is 8.12. The molecule has 1 aliphatic carbocycles. The van der Waals surface area contributed by atoms with E-state index in [1.54, 1.807) is 0 Å². The van der Waals surface area contributed by atoms with Crippen molar-refractivity contribution in [3.63, 3.8) is 0 Å². The first-order valence-electron chi connectivity index (χ1n) is 8.12. The molecule has 0 amide bonds. The lowest BCUT2D eigenvalue weighted by atomic mass is 9.95. The molecule has 0 unspecified atom stereocenters. The number of allylic oxidation sites excluding steroid dienone is 2. The van der Waals surface area contributed by atoms with E-state index in [1.807, 2.05) is 18.2 Å². The zero-order valence-electron chi connectivity index (χ0n) is 13.8. The molecule has 0 fully saturated rings. The van der Waals surface area contributed by atoms with Gasteiger partial charge in [0.05, 0.1) is 11.4 Å². The van der Waals surface area contributed by atoms with Crippen molar-refractivity contribution in [3.05, 3.63) is 82.9 Å². The van der Waals surface area contributed by atoms with Gasteiger partial charge in [-0.05, 0) is 65.1 Å². The van der Waals surface area contributed by atoms with Crippen molar-refractivity contribution in [2.24, 2.45) is 10.2 Å². The first kappa shape index (κ1) is 14.6. The fourth-order valence-corrected chi connectivity index (χ4v) is 3.16. The van der Waals surface area contributed by atoms with Crippen molar-refractivity contribution < 1.29 is 0 Å². The lowest BCUT2D eigenvalue weighted by Gasteiger charge is -2.11. The smallest absolute Gasteiger partial charge is 0.0898 e. The summed E-state index contributed by atoms with van der Waals surface area (Å²) < 4.78 is 0. The third kappa shape index (κ3) is 2.56. The largest absolute Gasteiger partial charge is 0.151 e. The van der Waals surface area contributed by atoms with Gasteiger partial charge in [0, 0.05) is 0 Å². The van der Waals surface area contributed by atoms with Crippen molar-refractivity contribution in [1.82, 2.24) is 0 Å². The van der Waals surface area contributed by atoms with E-state index in [9.17, 15) is 0 Å². The third-order valence-corrected chi connectivity index (χ3v) is 4.40. The summed E-state index contributed by atoms with van der Waals surface area (Å²) in [5, 5.41) is 11.5. The molecule has 0 radical (unpaired) electrons. The predicted molar refractivity (Wildman–Crippen MR) is 102 cm³/mol. The van der Waals surface area contributed by atoms with Gasteiger partial charge in [0.25, 0.3) is 0 Å². The number of rotatable bonds is 2. The van der Waals surface area contributed by atoms with Crippen LogP contribution in [0.15, 0.2) is 70.9 Å². The standard InChI is InChI=1S/C22H18N2/c1-15-7-5-11-19(13-15)23-24-21-14-18-9-4-3-8-17-10-6-12-20(16(21)2)22(17)18/h3-14H,1-2H3. The molecule has 0 aliphatic heterocycles. The number of nitrogens with zero attached hydrogens (tertiary/aromatic N) is 2. The molecule has 2 heteroatoms. The third-order valence-electron chi connectivity index (χ3n) is 4.40. The second kappa shape index (κ2) is 5.89. The summed E-state index contributed by atoms with van der Waals surface area (Å²) in [6.07, 6.45) is 8.45. The number of hydrogen-bond donors (Lipinski definition) is 0. The van der Waals surface area contributed by atoms with Crippen molar-refractivity contribution >= 4 is 34.3 Å². The minimum absolute atomic E-state index is 0.881. The van der Waals surface area contributed by atoms with E-state index < -0.39 is 0 Å². The van der Waals surface area contributed by atoms with E-state index in [0.29, 0.717) is 0 Å². The molecule has 1 aliphatic rings. The SMILES string of the molecule is Cc1cccc(N=Nc2cc3c4c(cccc4c2C)C=CC=C3)c1. The van der Waals surface area contributed by atoms with E-state index in [0.717, 1.165) is 16.9 Å². The molecule has 0 aromatic heterocycles. The Kier molecular flexibility index (Phi) is 3.58. The summed E-state index contributed by atoms with van der Waals surface area (Å²) >= 11 is 0. The monoisotopic (exact) mass is 310 g/mol. The molecule has 24 heavy (non-hydrogen) atoms. The zero-order valence-corrected chi connectivity index (χ0v) is 13.8. The minimum atomic E-state index is 0.881. The Morgan fingerprint density at radius 2 is 1.54 bits per heavy atom. The topological polar surface area (TPSA) is 24.7 Å². The van der Waals surface area contributed by atoms with Gasteiger partial charge in [0.1, 0.15) is 0 Å². The van der Waals surface area contributed by atoms with Crippen molar-refractivity contribution in [2.75, 3.05) is 0 Å². The van der Waals surface area contributed by atoms with Crippen LogP contribution in [0.1, 0.15) is 22.3 Å². The van der Waals surface area contributed by atoms with Gasteiger partial charge in [-0.25, -0.2) is 0 Å². The number of aryl methyl sites for hydroxylation is 2. The number of hydrogen-bond acceptors (Lipinski definition) is 2. The molecule has 116 valence electrons. The van der Waals surface area contributed by atoms with Crippen LogP contribution in [0.2, 0.25) is 0 Å². The maximum absolute atomic E-state index is 4.53. The van der Waals surface area contributed by atoms with Crippen LogP contribution in [0, 0.1) is 13.8 Å². The molecule has 0 bridgehead atoms. The average Bonchev–Trinajstić information content (AvgIpc) is 2.80. The fraction of sp³-hybridized carbons (Fsp3) is 0.0909. The van der Waals surface area contributed by atoms with Crippen molar-refractivity contribution in [3.8, 4) is 0 Å². The number of benzene rings is 3. The molecule has 0 saturated carbocycles. The number of azo groups is 1. The summed E-state index contributed by atoms with van der Waals surface area (Å²) in [7, 11) is 0. The highest BCUT2D eigenvalue weighted by Crippen LogP contribution is 2.36. The van der Waals surface area contributed by atoms with Crippen LogP contribution < -0.4 is 0 Å². The summed E-state index contributed by atoms with van der Waals surface area (Å²) in [6.45, 7) is 4.18. The maximum Gasteiger partial charge on any atom is 0.0898 e. The van der Waals surface area contributed by atoms with Crippen LogP contribution in [0.3, 0.4) is 0 Å².